The summed E-state index contributed by atoms with van der Waals surface area (Å²) in [7, 11) is 1.81. The lowest BCUT2D eigenvalue weighted by molar-refractivity contribution is -0.138. The Balaban J connectivity index is 2.25. The molecule has 0 radical (unpaired) electrons. The van der Waals surface area contributed by atoms with Crippen LogP contribution < -0.4 is 10.6 Å². The monoisotopic (exact) mass is 241 g/mol. The molecule has 2 amide bonds. The lowest BCUT2D eigenvalue weighted by Crippen LogP contribution is -2.44. The van der Waals surface area contributed by atoms with Crippen molar-refractivity contribution in [3.63, 3.8) is 0 Å². The van der Waals surface area contributed by atoms with E-state index < -0.39 is 18.0 Å². The second-order valence-corrected chi connectivity index (χ2v) is 3.57. The summed E-state index contributed by atoms with van der Waals surface area (Å²) in [4.78, 5) is 21.7. The van der Waals surface area contributed by atoms with E-state index in [9.17, 15) is 9.59 Å². The molecule has 0 bridgehead atoms. The Morgan fingerprint density at radius 1 is 1.59 bits per heavy atom. The molecule has 1 aromatic rings. The molecule has 1 rings (SSSR count). The number of nitrogens with zero attached hydrogens (tertiary/aromatic N) is 3. The fraction of sp³-hybridized carbons (Fsp3) is 0.556. The van der Waals surface area contributed by atoms with Gasteiger partial charge in [-0.05, 0) is 6.92 Å². The molecule has 0 aliphatic rings. The minimum absolute atomic E-state index is 0.366. The molecule has 0 saturated carbocycles. The van der Waals surface area contributed by atoms with Crippen LogP contribution in [0.1, 0.15) is 12.7 Å². The van der Waals surface area contributed by atoms with Crippen molar-refractivity contribution in [1.29, 1.82) is 0 Å². The molecule has 3 N–H and O–H groups in total. The van der Waals surface area contributed by atoms with Gasteiger partial charge in [0.2, 0.25) is 0 Å². The van der Waals surface area contributed by atoms with Crippen LogP contribution >= 0.6 is 0 Å². The van der Waals surface area contributed by atoms with E-state index in [1.807, 2.05) is 7.05 Å². The summed E-state index contributed by atoms with van der Waals surface area (Å²) < 4.78 is 1.75. The molecule has 0 fully saturated rings. The maximum absolute atomic E-state index is 11.2. The Kier molecular flexibility index (Phi) is 4.44. The van der Waals surface area contributed by atoms with Gasteiger partial charge >= 0.3 is 12.0 Å². The maximum atomic E-state index is 11.2. The van der Waals surface area contributed by atoms with Crippen LogP contribution in [-0.4, -0.2) is 44.5 Å². The third kappa shape index (κ3) is 4.09. The van der Waals surface area contributed by atoms with Gasteiger partial charge in [-0.15, -0.1) is 10.2 Å². The van der Waals surface area contributed by atoms with Gasteiger partial charge in [0.15, 0.2) is 0 Å². The lowest BCUT2D eigenvalue weighted by atomic mass is 10.3. The van der Waals surface area contributed by atoms with Crippen LogP contribution in [0.4, 0.5) is 4.79 Å². The van der Waals surface area contributed by atoms with E-state index in [0.717, 1.165) is 5.82 Å². The highest BCUT2D eigenvalue weighted by Crippen LogP contribution is 1.91. The standard InChI is InChI=1S/C9H15N5O3/c1-6(8(15)16)12-9(17)10-4-3-7-13-11-5-14(7)2/h5-6H,3-4H2,1-2H3,(H,15,16)(H2,10,12,17). The van der Waals surface area contributed by atoms with E-state index in [4.69, 9.17) is 5.11 Å². The van der Waals surface area contributed by atoms with E-state index in [-0.39, 0.29) is 0 Å². The quantitative estimate of drug-likeness (QED) is 0.621. The molecule has 0 spiro atoms. The average Bonchev–Trinajstić information content (AvgIpc) is 2.64. The van der Waals surface area contributed by atoms with Gasteiger partial charge in [-0.2, -0.15) is 0 Å². The van der Waals surface area contributed by atoms with Crippen LogP contribution in [0.2, 0.25) is 0 Å². The van der Waals surface area contributed by atoms with Crippen molar-refractivity contribution in [3.8, 4) is 0 Å². The van der Waals surface area contributed by atoms with Crippen molar-refractivity contribution in [2.75, 3.05) is 6.54 Å². The molecule has 1 heterocycles. The number of nitrogens with one attached hydrogen (secondary N) is 2. The zero-order valence-corrected chi connectivity index (χ0v) is 9.67. The van der Waals surface area contributed by atoms with Crippen LogP contribution in [-0.2, 0) is 18.3 Å². The Labute approximate surface area is 98.0 Å². The number of aryl methyl sites for hydroxylation is 1. The summed E-state index contributed by atoms with van der Waals surface area (Å²) in [6.45, 7) is 1.76. The third-order valence-corrected chi connectivity index (χ3v) is 2.16. The van der Waals surface area contributed by atoms with E-state index in [0.29, 0.717) is 13.0 Å². The molecule has 0 aliphatic carbocycles. The SMILES string of the molecule is CC(NC(=O)NCCc1nncn1C)C(=O)O. The van der Waals surface area contributed by atoms with Crippen LogP contribution in [0.3, 0.4) is 0 Å². The number of aliphatic carboxylic acids is 1. The van der Waals surface area contributed by atoms with Gasteiger partial charge < -0.3 is 20.3 Å². The van der Waals surface area contributed by atoms with Gasteiger partial charge in [-0.1, -0.05) is 0 Å². The number of carboxylic acid groups (broad SMARTS) is 1. The number of hydrogen-bond donors (Lipinski definition) is 3. The summed E-state index contributed by atoms with van der Waals surface area (Å²) in [5.41, 5.74) is 0. The number of amides is 2. The second kappa shape index (κ2) is 5.83. The predicted octanol–water partition coefficient (Wildman–Crippen LogP) is -0.870. The molecule has 8 nitrogen and oxygen atoms in total. The molecular weight excluding hydrogens is 226 g/mol. The highest BCUT2D eigenvalue weighted by Gasteiger charge is 2.13. The fourth-order valence-electron chi connectivity index (χ4n) is 1.13. The van der Waals surface area contributed by atoms with E-state index in [1.54, 1.807) is 10.9 Å². The topological polar surface area (TPSA) is 109 Å². The molecule has 94 valence electrons. The van der Waals surface area contributed by atoms with Gasteiger partial charge in [0.05, 0.1) is 0 Å². The first-order valence-electron chi connectivity index (χ1n) is 5.10. The molecule has 0 saturated heterocycles. The minimum Gasteiger partial charge on any atom is -0.480 e. The number of carboxylic acids is 1. The molecule has 0 aromatic carbocycles. The van der Waals surface area contributed by atoms with Crippen molar-refractivity contribution in [2.45, 2.75) is 19.4 Å². The summed E-state index contributed by atoms with van der Waals surface area (Å²) >= 11 is 0. The smallest absolute Gasteiger partial charge is 0.325 e. The second-order valence-electron chi connectivity index (χ2n) is 3.57. The van der Waals surface area contributed by atoms with Gasteiger partial charge in [0.25, 0.3) is 0 Å². The van der Waals surface area contributed by atoms with Gasteiger partial charge in [-0.3, -0.25) is 4.79 Å². The Hall–Kier alpha value is -2.12. The molecule has 0 aliphatic heterocycles. The van der Waals surface area contributed by atoms with Crippen LogP contribution in [0.5, 0.6) is 0 Å². The molecule has 1 unspecified atom stereocenters. The normalized spacial score (nSPS) is 11.9. The first-order valence-corrected chi connectivity index (χ1v) is 5.10. The van der Waals surface area contributed by atoms with Gasteiger partial charge in [0.1, 0.15) is 18.2 Å². The molecule has 1 atom stereocenters. The van der Waals surface area contributed by atoms with Crippen molar-refractivity contribution >= 4 is 12.0 Å². The number of rotatable bonds is 5. The molecule has 17 heavy (non-hydrogen) atoms. The van der Waals surface area contributed by atoms with Gasteiger partial charge in [0, 0.05) is 20.0 Å². The van der Waals surface area contributed by atoms with Crippen molar-refractivity contribution < 1.29 is 14.7 Å². The van der Waals surface area contributed by atoms with Crippen molar-refractivity contribution in [3.05, 3.63) is 12.2 Å². The largest absolute Gasteiger partial charge is 0.480 e. The molecule has 8 heteroatoms. The van der Waals surface area contributed by atoms with E-state index >= 15 is 0 Å². The lowest BCUT2D eigenvalue weighted by Gasteiger charge is -2.10. The van der Waals surface area contributed by atoms with Crippen molar-refractivity contribution in [2.24, 2.45) is 7.05 Å². The predicted molar refractivity (Wildman–Crippen MR) is 58.3 cm³/mol. The Morgan fingerprint density at radius 2 is 2.29 bits per heavy atom. The maximum Gasteiger partial charge on any atom is 0.325 e. The Bertz CT molecular complexity index is 403. The molecular formula is C9H15N5O3. The summed E-state index contributed by atoms with van der Waals surface area (Å²) in [5, 5.41) is 20.9. The fourth-order valence-corrected chi connectivity index (χ4v) is 1.13. The summed E-state index contributed by atoms with van der Waals surface area (Å²) in [6, 6.07) is -1.42. The summed E-state index contributed by atoms with van der Waals surface area (Å²) in [5.74, 6) is -0.329. The van der Waals surface area contributed by atoms with Crippen LogP contribution in [0, 0.1) is 0 Å². The van der Waals surface area contributed by atoms with E-state index in [1.165, 1.54) is 6.92 Å². The summed E-state index contributed by atoms with van der Waals surface area (Å²) in [6.07, 6.45) is 2.10. The zero-order chi connectivity index (χ0) is 12.8. The average molecular weight is 241 g/mol. The Morgan fingerprint density at radius 3 is 2.82 bits per heavy atom. The zero-order valence-electron chi connectivity index (χ0n) is 9.67. The number of carbonyl (C=O) groups is 2. The number of aromatic nitrogens is 3. The van der Waals surface area contributed by atoms with E-state index in [2.05, 4.69) is 20.8 Å². The highest BCUT2D eigenvalue weighted by atomic mass is 16.4. The highest BCUT2D eigenvalue weighted by molar-refractivity contribution is 5.82. The first-order chi connectivity index (χ1) is 8.00. The number of hydrogen-bond acceptors (Lipinski definition) is 4. The van der Waals surface area contributed by atoms with Crippen LogP contribution in [0.25, 0.3) is 0 Å². The number of carbonyl (C=O) groups excluding carboxylic acids is 1. The van der Waals surface area contributed by atoms with Crippen LogP contribution in [0.15, 0.2) is 6.33 Å². The van der Waals surface area contributed by atoms with Crippen molar-refractivity contribution in [1.82, 2.24) is 25.4 Å². The third-order valence-electron chi connectivity index (χ3n) is 2.16. The minimum atomic E-state index is -1.08. The van der Waals surface area contributed by atoms with Gasteiger partial charge in [-0.25, -0.2) is 4.79 Å². The number of urea groups is 1. The first kappa shape index (κ1) is 12.9. The molecule has 1 aromatic heterocycles.